The molecule has 0 spiro atoms. The first kappa shape index (κ1) is 41.5. The van der Waals surface area contributed by atoms with Crippen LogP contribution >= 0.6 is 0 Å². The molecule has 1 aliphatic carbocycles. The number of rotatable bonds is 5. The van der Waals surface area contributed by atoms with Gasteiger partial charge in [-0.15, -0.1) is 21.9 Å². The Bertz CT molecular complexity index is 4060. The van der Waals surface area contributed by atoms with E-state index >= 15 is 0 Å². The minimum absolute atomic E-state index is 0.0642. The largest absolute Gasteiger partial charge is 0.455 e. The topological polar surface area (TPSA) is 69.9 Å². The van der Waals surface area contributed by atoms with E-state index in [1.807, 2.05) is 71.3 Å². The van der Waals surface area contributed by atoms with E-state index in [0.717, 1.165) is 51.4 Å². The molecular formula is C51H22B10N4O2. The Kier molecular flexibility index (Phi) is 9.49. The Hall–Kier alpha value is -6.92. The molecule has 11 aromatic rings. The van der Waals surface area contributed by atoms with Crippen molar-refractivity contribution in [1.82, 2.24) is 19.5 Å². The molecule has 0 unspecified atom stereocenters. The van der Waals surface area contributed by atoms with Crippen LogP contribution in [0.4, 0.5) is 0 Å². The summed E-state index contributed by atoms with van der Waals surface area (Å²) < 4.78 is 15.4. The number of furan rings is 2. The van der Waals surface area contributed by atoms with E-state index in [1.54, 1.807) is 0 Å². The van der Waals surface area contributed by atoms with Crippen LogP contribution < -0.4 is 54.6 Å². The molecule has 16 heteroatoms. The summed E-state index contributed by atoms with van der Waals surface area (Å²) in [6.07, 6.45) is 8.15. The third-order valence-corrected chi connectivity index (χ3v) is 13.0. The van der Waals surface area contributed by atoms with Crippen LogP contribution in [0.1, 0.15) is 18.7 Å². The van der Waals surface area contributed by atoms with Crippen LogP contribution in [0.15, 0.2) is 118 Å². The predicted molar refractivity (Wildman–Crippen MR) is 285 cm³/mol. The van der Waals surface area contributed by atoms with Crippen molar-refractivity contribution < 1.29 is 8.83 Å². The van der Waals surface area contributed by atoms with Gasteiger partial charge in [-0.1, -0.05) is 124 Å². The number of hydrogen-bond acceptors (Lipinski definition) is 5. The van der Waals surface area contributed by atoms with Crippen molar-refractivity contribution in [1.29, 1.82) is 0 Å². The van der Waals surface area contributed by atoms with Gasteiger partial charge < -0.3 is 13.4 Å². The van der Waals surface area contributed by atoms with Gasteiger partial charge in [-0.05, 0) is 47.6 Å². The normalized spacial score (nSPS) is 13.0. The summed E-state index contributed by atoms with van der Waals surface area (Å²) in [5.41, 5.74) is 8.39. The van der Waals surface area contributed by atoms with Gasteiger partial charge in [-0.3, -0.25) is 0 Å². The zero-order valence-corrected chi connectivity index (χ0v) is 35.7. The number of hydrogen-bond donors (Lipinski definition) is 0. The molecule has 12 rings (SSSR count). The average molecular weight is 831 g/mol. The van der Waals surface area contributed by atoms with Gasteiger partial charge >= 0.3 is 0 Å². The maximum Gasteiger partial charge on any atom is 0.164 e. The Morgan fingerprint density at radius 1 is 0.433 bits per heavy atom. The van der Waals surface area contributed by atoms with Crippen molar-refractivity contribution in [3.8, 4) is 39.6 Å². The van der Waals surface area contributed by atoms with Crippen molar-refractivity contribution >= 4 is 204 Å². The van der Waals surface area contributed by atoms with Crippen molar-refractivity contribution in [3.63, 3.8) is 0 Å². The second-order valence-electron chi connectivity index (χ2n) is 16.8. The second-order valence-corrected chi connectivity index (χ2v) is 16.8. The molecule has 4 aromatic heterocycles. The summed E-state index contributed by atoms with van der Waals surface area (Å²) >= 11 is 0. The first-order valence-corrected chi connectivity index (χ1v) is 21.4. The molecule has 0 atom stereocenters. The van der Waals surface area contributed by atoms with Crippen LogP contribution in [0.5, 0.6) is 0 Å². The van der Waals surface area contributed by atoms with Crippen molar-refractivity contribution in [2.24, 2.45) is 0 Å². The molecule has 0 saturated heterocycles. The molecule has 0 amide bonds. The molecule has 7 aromatic carbocycles. The molecule has 0 saturated carbocycles. The SMILES string of the molecule is [B]c1c([B])c([B])c2c(oc3c2c([B])c([B])c2c4c([B])c([B])c([B])c([B])c4n(-c4cccc5c4oc4cccc(-c6nc(C7=CCCC=C7)nc(-c7cccc(-c8ccccc8)c7)n6)c45)c32)c1[B]. The number of benzene rings is 7. The van der Waals surface area contributed by atoms with Gasteiger partial charge in [0, 0.05) is 49.1 Å². The Morgan fingerprint density at radius 2 is 1.04 bits per heavy atom. The maximum atomic E-state index is 7.04. The second kappa shape index (κ2) is 15.3. The molecular weight excluding hydrogens is 809 g/mol. The molecule has 0 bridgehead atoms. The zero-order chi connectivity index (χ0) is 46.2. The molecule has 0 N–H and O–H groups in total. The molecule has 0 fully saturated rings. The summed E-state index contributed by atoms with van der Waals surface area (Å²) in [4.78, 5) is 15.4. The van der Waals surface area contributed by atoms with Crippen LogP contribution in [0.3, 0.4) is 0 Å². The first-order valence-electron chi connectivity index (χ1n) is 21.4. The third-order valence-electron chi connectivity index (χ3n) is 13.0. The molecule has 6 nitrogen and oxygen atoms in total. The van der Waals surface area contributed by atoms with Gasteiger partial charge in [0.25, 0.3) is 0 Å². The lowest BCUT2D eigenvalue weighted by Crippen LogP contribution is -2.48. The number of allylic oxidation sites excluding steroid dienone is 4. The lowest BCUT2D eigenvalue weighted by Gasteiger charge is -2.16. The number of aromatic nitrogens is 4. The first-order chi connectivity index (χ1) is 32.4. The Labute approximate surface area is 398 Å². The fourth-order valence-corrected chi connectivity index (χ4v) is 9.68. The molecule has 0 aliphatic heterocycles. The van der Waals surface area contributed by atoms with Crippen molar-refractivity contribution in [2.75, 3.05) is 0 Å². The lowest BCUT2D eigenvalue weighted by atomic mass is 9.64. The van der Waals surface area contributed by atoms with Gasteiger partial charge in [-0.2, -0.15) is 0 Å². The van der Waals surface area contributed by atoms with E-state index in [-0.39, 0.29) is 65.8 Å². The van der Waals surface area contributed by atoms with E-state index in [4.69, 9.17) is 102 Å². The van der Waals surface area contributed by atoms with Crippen LogP contribution in [0.25, 0.3) is 111 Å². The molecule has 288 valence electrons. The van der Waals surface area contributed by atoms with E-state index in [2.05, 4.69) is 42.5 Å². The van der Waals surface area contributed by atoms with Gasteiger partial charge in [0.1, 0.15) is 89.6 Å². The molecule has 20 radical (unpaired) electrons. The predicted octanol–water partition coefficient (Wildman–Crippen LogP) is 1.44. The molecule has 67 heavy (non-hydrogen) atoms. The van der Waals surface area contributed by atoms with Gasteiger partial charge in [0.2, 0.25) is 0 Å². The number of para-hydroxylation sites is 1. The lowest BCUT2D eigenvalue weighted by molar-refractivity contribution is 0.665. The molecule has 4 heterocycles. The third kappa shape index (κ3) is 6.00. The Morgan fingerprint density at radius 3 is 1.82 bits per heavy atom. The monoisotopic (exact) mass is 832 g/mol. The smallest absolute Gasteiger partial charge is 0.164 e. The van der Waals surface area contributed by atoms with Crippen LogP contribution in [-0.2, 0) is 0 Å². The van der Waals surface area contributed by atoms with Crippen molar-refractivity contribution in [2.45, 2.75) is 12.8 Å². The van der Waals surface area contributed by atoms with Crippen LogP contribution in [-0.4, -0.2) is 98.0 Å². The highest BCUT2D eigenvalue weighted by Gasteiger charge is 2.29. The summed E-state index contributed by atoms with van der Waals surface area (Å²) in [7, 11) is 66.9. The van der Waals surface area contributed by atoms with Gasteiger partial charge in [-0.25, -0.2) is 15.0 Å². The average Bonchev–Trinajstić information content (AvgIpc) is 4.07. The quantitative estimate of drug-likeness (QED) is 0.246. The fraction of sp³-hybridized carbons (Fsp3) is 0.0392. The van der Waals surface area contributed by atoms with Crippen LogP contribution in [0, 0.1) is 0 Å². The molecule has 1 aliphatic rings. The van der Waals surface area contributed by atoms with Gasteiger partial charge in [0.15, 0.2) is 28.6 Å². The highest BCUT2D eigenvalue weighted by atomic mass is 16.3. The van der Waals surface area contributed by atoms with E-state index in [9.17, 15) is 0 Å². The summed E-state index contributed by atoms with van der Waals surface area (Å²) in [5.74, 6) is 1.54. The van der Waals surface area contributed by atoms with Crippen LogP contribution in [0.2, 0.25) is 0 Å². The van der Waals surface area contributed by atoms with E-state index in [0.29, 0.717) is 66.9 Å². The zero-order valence-electron chi connectivity index (χ0n) is 35.7. The summed E-state index contributed by atoms with van der Waals surface area (Å²) in [6, 6.07) is 29.9. The minimum Gasteiger partial charge on any atom is -0.455 e. The highest BCUT2D eigenvalue weighted by molar-refractivity contribution is 6.71. The van der Waals surface area contributed by atoms with Crippen molar-refractivity contribution in [3.05, 3.63) is 115 Å². The summed E-state index contributed by atoms with van der Waals surface area (Å²) in [5, 5.41) is 2.99. The maximum absolute atomic E-state index is 7.04. The van der Waals surface area contributed by atoms with E-state index in [1.165, 1.54) is 0 Å². The fourth-order valence-electron chi connectivity index (χ4n) is 9.68. The highest BCUT2D eigenvalue weighted by Crippen LogP contribution is 2.42. The Balaban J connectivity index is 1.17. The minimum atomic E-state index is 0.0642. The van der Waals surface area contributed by atoms with Gasteiger partial charge in [0.05, 0.1) is 11.2 Å². The number of nitrogens with zero attached hydrogens (tertiary/aromatic N) is 4. The summed E-state index contributed by atoms with van der Waals surface area (Å²) in [6.45, 7) is 0. The van der Waals surface area contributed by atoms with E-state index < -0.39 is 0 Å². The standard InChI is InChI=1S/C51H22B10N4O2/c52-34-31-30-35(53)38(56)40(58)42(60)44(30)65(45(31)48-33(36(34)54)32-37(55)39(57)41(59)43(61)47(32)67-48)27-18-8-16-25-29-26(17-9-19-28(29)66-46(25)27)51-63-49(22-12-5-2-6-13-22)62-50(64-51)24-15-7-14-23(20-24)21-10-3-1-4-11-21/h1,3-5,7-20H,2,6H2. The number of fused-ring (bicyclic) bond motifs is 10.